The van der Waals surface area contributed by atoms with Crippen LogP contribution < -0.4 is 0 Å². The summed E-state index contributed by atoms with van der Waals surface area (Å²) in [5.74, 6) is 0. The maximum atomic E-state index is 9.96. The molecule has 1 aliphatic heterocycles. The number of rotatable bonds is 0. The highest BCUT2D eigenvalue weighted by molar-refractivity contribution is 5.58. The van der Waals surface area contributed by atoms with Crippen molar-refractivity contribution < 1.29 is 0 Å². The van der Waals surface area contributed by atoms with Crippen molar-refractivity contribution in [3.8, 4) is 0 Å². The Morgan fingerprint density at radius 3 is 2.83 bits per heavy atom. The molecular formula is C3H5N2O-. The summed E-state index contributed by atoms with van der Waals surface area (Å²) < 4.78 is 0. The molecule has 1 rings (SSSR count). The van der Waals surface area contributed by atoms with Crippen molar-refractivity contribution in [1.29, 1.82) is 0 Å². The lowest BCUT2D eigenvalue weighted by Crippen LogP contribution is -2.01. The second kappa shape index (κ2) is 1.26. The van der Waals surface area contributed by atoms with Gasteiger partial charge in [-0.15, -0.1) is 0 Å². The van der Waals surface area contributed by atoms with Gasteiger partial charge in [-0.1, -0.05) is 0 Å². The molecule has 0 aromatic rings. The Morgan fingerprint density at radius 2 is 2.67 bits per heavy atom. The van der Waals surface area contributed by atoms with Crippen LogP contribution in [0.2, 0.25) is 0 Å². The van der Waals surface area contributed by atoms with Crippen molar-refractivity contribution in [2.75, 3.05) is 6.54 Å². The second-order valence-corrected chi connectivity index (χ2v) is 1.16. The third kappa shape index (κ3) is 0.490. The van der Waals surface area contributed by atoms with Gasteiger partial charge in [0, 0.05) is 19.2 Å². The zero-order valence-electron chi connectivity index (χ0n) is 3.29. The average Bonchev–Trinajstić information content (AvgIpc) is 1.86. The Morgan fingerprint density at radius 1 is 1.83 bits per heavy atom. The van der Waals surface area contributed by atoms with Crippen LogP contribution in [-0.2, 0) is 0 Å². The Hall–Kier alpha value is -0.570. The number of hydrazone groups is 1. The van der Waals surface area contributed by atoms with Crippen molar-refractivity contribution in [2.45, 2.75) is 6.42 Å². The maximum absolute atomic E-state index is 9.96. The second-order valence-electron chi connectivity index (χ2n) is 1.16. The molecule has 0 aromatic heterocycles. The first-order valence-electron chi connectivity index (χ1n) is 1.87. The summed E-state index contributed by atoms with van der Waals surface area (Å²) in [5.41, 5.74) is 0. The topological polar surface area (TPSA) is 38.7 Å². The lowest BCUT2D eigenvalue weighted by Gasteiger charge is -2.16. The van der Waals surface area contributed by atoms with E-state index in [1.165, 1.54) is 0 Å². The zero-order valence-corrected chi connectivity index (χ0v) is 3.29. The van der Waals surface area contributed by atoms with Crippen molar-refractivity contribution >= 4 is 6.21 Å². The predicted octanol–water partition coefficient (Wildman–Crippen LogP) is 0.176. The van der Waals surface area contributed by atoms with E-state index in [-0.39, 0.29) is 0 Å². The van der Waals surface area contributed by atoms with Crippen molar-refractivity contribution in [1.82, 2.24) is 5.17 Å². The molecule has 0 aliphatic carbocycles. The molecule has 0 radical (unpaired) electrons. The highest BCUT2D eigenvalue weighted by atomic mass is 16.5. The molecule has 0 bridgehead atoms. The predicted molar refractivity (Wildman–Crippen MR) is 23.2 cm³/mol. The van der Waals surface area contributed by atoms with Crippen LogP contribution in [0.5, 0.6) is 0 Å². The molecule has 0 fully saturated rings. The summed E-state index contributed by atoms with van der Waals surface area (Å²) >= 11 is 0. The first-order chi connectivity index (χ1) is 2.89. The van der Waals surface area contributed by atoms with Gasteiger partial charge < -0.3 is 10.4 Å². The number of hydroxylamine groups is 1. The molecule has 0 aromatic carbocycles. The van der Waals surface area contributed by atoms with Crippen LogP contribution in [0.25, 0.3) is 0 Å². The normalized spacial score (nSPS) is 19.8. The highest BCUT2D eigenvalue weighted by Gasteiger charge is 1.89. The molecular weight excluding hydrogens is 80.0 g/mol. The van der Waals surface area contributed by atoms with Gasteiger partial charge in [-0.05, 0) is 0 Å². The number of hydrogen-bond acceptors (Lipinski definition) is 3. The summed E-state index contributed by atoms with van der Waals surface area (Å²) in [4.78, 5) is 0. The summed E-state index contributed by atoms with van der Waals surface area (Å²) in [6.45, 7) is 0.542. The van der Waals surface area contributed by atoms with Gasteiger partial charge in [0.25, 0.3) is 0 Å². The van der Waals surface area contributed by atoms with Crippen molar-refractivity contribution in [2.24, 2.45) is 5.10 Å². The minimum Gasteiger partial charge on any atom is -0.742 e. The molecule has 0 saturated carbocycles. The van der Waals surface area contributed by atoms with Gasteiger partial charge >= 0.3 is 0 Å². The largest absolute Gasteiger partial charge is 0.742 e. The van der Waals surface area contributed by atoms with E-state index in [9.17, 15) is 5.21 Å². The molecule has 3 nitrogen and oxygen atoms in total. The molecule has 0 spiro atoms. The van der Waals surface area contributed by atoms with Crippen LogP contribution in [0.1, 0.15) is 6.42 Å². The number of nitrogens with zero attached hydrogens (tertiary/aromatic N) is 2. The highest BCUT2D eigenvalue weighted by Crippen LogP contribution is 1.93. The van der Waals surface area contributed by atoms with Gasteiger partial charge in [0.1, 0.15) is 0 Å². The van der Waals surface area contributed by atoms with E-state index in [4.69, 9.17) is 0 Å². The number of hydrogen-bond donors (Lipinski definition) is 0. The van der Waals surface area contributed by atoms with Gasteiger partial charge in [-0.25, -0.2) is 5.10 Å². The van der Waals surface area contributed by atoms with Gasteiger partial charge in [0.05, 0.1) is 0 Å². The molecule has 1 heterocycles. The molecule has 0 amide bonds. The Labute approximate surface area is 35.8 Å². The van der Waals surface area contributed by atoms with E-state index in [0.717, 1.165) is 6.42 Å². The summed E-state index contributed by atoms with van der Waals surface area (Å²) in [6.07, 6.45) is 2.43. The fraction of sp³-hybridized carbons (Fsp3) is 0.667. The van der Waals surface area contributed by atoms with Crippen LogP contribution in [0.15, 0.2) is 5.10 Å². The Balaban J connectivity index is 2.38. The zero-order chi connectivity index (χ0) is 4.41. The van der Waals surface area contributed by atoms with E-state index < -0.39 is 0 Å². The van der Waals surface area contributed by atoms with Crippen LogP contribution in [0, 0.1) is 5.21 Å². The quantitative estimate of drug-likeness (QED) is 0.420. The molecule has 0 saturated heterocycles. The fourth-order valence-corrected chi connectivity index (χ4v) is 0.375. The average molecular weight is 85.1 g/mol. The lowest BCUT2D eigenvalue weighted by atomic mass is 10.5. The van der Waals surface area contributed by atoms with E-state index in [1.807, 2.05) is 0 Å². The Kier molecular flexibility index (Phi) is 0.759. The summed E-state index contributed by atoms with van der Waals surface area (Å²) in [5, 5.41) is 14.0. The molecule has 34 valence electrons. The molecule has 0 N–H and O–H groups in total. The minimum atomic E-state index is 0.542. The Bertz CT molecular complexity index is 71.2. The van der Waals surface area contributed by atoms with Gasteiger partial charge in [0.15, 0.2) is 0 Å². The van der Waals surface area contributed by atoms with E-state index in [2.05, 4.69) is 5.10 Å². The fourth-order valence-electron chi connectivity index (χ4n) is 0.375. The summed E-state index contributed by atoms with van der Waals surface area (Å²) in [7, 11) is 0. The standard InChI is InChI=1S/C3H5N2O/c6-5-3-1-2-4-5/h2H,1,3H2/q-1. The SMILES string of the molecule is [O-]N1CCC=N1. The van der Waals surface area contributed by atoms with Crippen LogP contribution in [-0.4, -0.2) is 17.9 Å². The smallest absolute Gasteiger partial charge is 0.0288 e. The molecule has 1 aliphatic rings. The third-order valence-corrected chi connectivity index (χ3v) is 0.660. The molecule has 0 atom stereocenters. The van der Waals surface area contributed by atoms with E-state index >= 15 is 0 Å². The first-order valence-corrected chi connectivity index (χ1v) is 1.87. The van der Waals surface area contributed by atoms with E-state index in [0.29, 0.717) is 11.7 Å². The monoisotopic (exact) mass is 85.0 g/mol. The van der Waals surface area contributed by atoms with Gasteiger partial charge in [0.2, 0.25) is 0 Å². The van der Waals surface area contributed by atoms with Crippen LogP contribution in [0.4, 0.5) is 0 Å². The maximum Gasteiger partial charge on any atom is 0.0288 e. The van der Waals surface area contributed by atoms with Crippen LogP contribution in [0.3, 0.4) is 0 Å². The molecule has 3 heteroatoms. The van der Waals surface area contributed by atoms with Crippen molar-refractivity contribution in [3.63, 3.8) is 0 Å². The van der Waals surface area contributed by atoms with Crippen LogP contribution >= 0.6 is 0 Å². The van der Waals surface area contributed by atoms with Gasteiger partial charge in [-0.2, -0.15) is 0 Å². The first kappa shape index (κ1) is 3.61. The minimum absolute atomic E-state index is 0.542. The van der Waals surface area contributed by atoms with Crippen molar-refractivity contribution in [3.05, 3.63) is 5.21 Å². The van der Waals surface area contributed by atoms with E-state index in [1.54, 1.807) is 6.21 Å². The lowest BCUT2D eigenvalue weighted by molar-refractivity contribution is 0.444. The third-order valence-electron chi connectivity index (χ3n) is 0.660. The molecule has 6 heavy (non-hydrogen) atoms. The summed E-state index contributed by atoms with van der Waals surface area (Å²) in [6, 6.07) is 0. The van der Waals surface area contributed by atoms with Gasteiger partial charge in [-0.3, -0.25) is 0 Å². The molecule has 0 unspecified atom stereocenters.